The number of aromatic nitrogens is 2. The van der Waals surface area contributed by atoms with Crippen molar-refractivity contribution in [1.82, 2.24) is 14.9 Å². The van der Waals surface area contributed by atoms with Crippen LogP contribution in [0.25, 0.3) is 0 Å². The first-order valence-electron chi connectivity index (χ1n) is 26.4. The molecule has 0 amide bonds. The minimum Gasteiger partial charge on any atom is -0.392 e. The highest BCUT2D eigenvalue weighted by Gasteiger charge is 2.73. The molecule has 7 fully saturated rings. The highest BCUT2D eigenvalue weighted by molar-refractivity contribution is 8.76. The van der Waals surface area contributed by atoms with E-state index >= 15 is 0 Å². The number of fused-ring (bicyclic) bond motifs is 14. The molecule has 1 spiro atoms. The Morgan fingerprint density at radius 2 is 1.72 bits per heavy atom. The third-order valence-electron chi connectivity index (χ3n) is 21.0. The average Bonchev–Trinajstić information content (AvgIpc) is 4.03. The van der Waals surface area contributed by atoms with Crippen LogP contribution in [0.5, 0.6) is 0 Å². The van der Waals surface area contributed by atoms with Crippen LogP contribution in [0.15, 0.2) is 57.7 Å². The zero-order valence-electron chi connectivity index (χ0n) is 40.7. The van der Waals surface area contributed by atoms with Crippen molar-refractivity contribution >= 4 is 33.3 Å². The van der Waals surface area contributed by atoms with E-state index in [1.54, 1.807) is 35.3 Å². The molecule has 6 saturated carbocycles. The van der Waals surface area contributed by atoms with Crippen LogP contribution >= 0.6 is 21.6 Å². The first kappa shape index (κ1) is 47.2. The summed E-state index contributed by atoms with van der Waals surface area (Å²) < 4.78 is 2.32. The number of nitrogens with zero attached hydrogens (tertiary/aromatic N) is 3. The summed E-state index contributed by atoms with van der Waals surface area (Å²) in [4.78, 5) is 24.2. The molecule has 1 aliphatic heterocycles. The molecule has 17 atom stereocenters. The van der Waals surface area contributed by atoms with E-state index in [0.717, 1.165) is 49.9 Å². The van der Waals surface area contributed by atoms with Gasteiger partial charge >= 0.3 is 0 Å². The summed E-state index contributed by atoms with van der Waals surface area (Å²) >= 11 is 0. The number of aliphatic imine (C=N–C) groups is 1. The predicted octanol–water partition coefficient (Wildman–Crippen LogP) is 7.90. The Morgan fingerprint density at radius 3 is 2.46 bits per heavy atom. The molecule has 1 aromatic heterocycles. The smallest absolute Gasteiger partial charge is 0.190 e. The number of carbonyl (C=O) groups excluding carboxylic acids is 1. The van der Waals surface area contributed by atoms with Gasteiger partial charge < -0.3 is 41.2 Å². The molecule has 0 unspecified atom stereocenters. The van der Waals surface area contributed by atoms with E-state index in [1.165, 1.54) is 44.9 Å². The predicted molar refractivity (Wildman–Crippen MR) is 265 cm³/mol. The van der Waals surface area contributed by atoms with Crippen LogP contribution in [0, 0.1) is 74.9 Å². The lowest BCUT2D eigenvalue weighted by molar-refractivity contribution is -0.171. The van der Waals surface area contributed by atoms with Gasteiger partial charge in [0.25, 0.3) is 0 Å². The molecule has 13 heteroatoms. The summed E-state index contributed by atoms with van der Waals surface area (Å²) in [5.74, 6) is 1.24. The molecule has 10 aliphatic rings. The Kier molecular flexibility index (Phi) is 12.0. The minimum absolute atomic E-state index is 0.0306. The van der Waals surface area contributed by atoms with Crippen molar-refractivity contribution in [3.63, 3.8) is 0 Å². The van der Waals surface area contributed by atoms with Gasteiger partial charge in [-0.15, -0.1) is 0 Å². The van der Waals surface area contributed by atoms with Gasteiger partial charge in [0.1, 0.15) is 6.23 Å². The second kappa shape index (κ2) is 17.0. The summed E-state index contributed by atoms with van der Waals surface area (Å²) in [6.07, 6.45) is 20.4. The Hall–Kier alpha value is -2.13. The van der Waals surface area contributed by atoms with Crippen molar-refractivity contribution in [3.8, 4) is 0 Å². The number of aliphatic hydroxyl groups is 5. The molecular formula is C54H79N5O6S2. The monoisotopic (exact) mass is 958 g/mol. The maximum absolute atomic E-state index is 14.7. The molecule has 4 bridgehead atoms. The van der Waals surface area contributed by atoms with Gasteiger partial charge in [0.05, 0.1) is 30.2 Å². The first-order valence-corrected chi connectivity index (χ1v) is 28.9. The second-order valence-electron chi connectivity index (χ2n) is 24.9. The van der Waals surface area contributed by atoms with Crippen LogP contribution in [0.2, 0.25) is 0 Å². The van der Waals surface area contributed by atoms with Crippen LogP contribution < -0.4 is 11.1 Å². The summed E-state index contributed by atoms with van der Waals surface area (Å²) in [7, 11) is 3.75. The third kappa shape index (κ3) is 7.15. The zero-order chi connectivity index (χ0) is 47.0. The van der Waals surface area contributed by atoms with E-state index in [-0.39, 0.29) is 71.5 Å². The quantitative estimate of drug-likeness (QED) is 0.0512. The molecule has 2 heterocycles. The fraction of sp³-hybridized carbons (Fsp3) is 0.796. The number of hydrogen-bond donors (Lipinski definition) is 7. The molecule has 9 aliphatic carbocycles. The first-order chi connectivity index (χ1) is 31.9. The maximum atomic E-state index is 14.7. The summed E-state index contributed by atoms with van der Waals surface area (Å²) in [5.41, 5.74) is 11.1. The molecule has 1 aromatic rings. The minimum atomic E-state index is -1.36. The van der Waals surface area contributed by atoms with E-state index in [4.69, 9.17) is 10.7 Å². The molecule has 8 N–H and O–H groups in total. The Labute approximate surface area is 406 Å². The van der Waals surface area contributed by atoms with Crippen LogP contribution in [0.4, 0.5) is 0 Å². The van der Waals surface area contributed by atoms with Crippen molar-refractivity contribution in [2.45, 2.75) is 174 Å². The third-order valence-corrected chi connectivity index (χ3v) is 23.6. The van der Waals surface area contributed by atoms with Gasteiger partial charge in [0.15, 0.2) is 11.7 Å². The lowest BCUT2D eigenvalue weighted by Crippen LogP contribution is -2.65. The van der Waals surface area contributed by atoms with Gasteiger partial charge in [0, 0.05) is 65.6 Å². The van der Waals surface area contributed by atoms with E-state index in [1.807, 2.05) is 34.1 Å². The molecular weight excluding hydrogens is 879 g/mol. The van der Waals surface area contributed by atoms with Gasteiger partial charge in [-0.05, 0) is 154 Å². The Balaban J connectivity index is 1.09. The number of allylic oxidation sites excluding steroid dienone is 3. The fourth-order valence-electron chi connectivity index (χ4n) is 18.8. The number of nitrogens with one attached hydrogen (secondary N) is 1. The number of nitrogens with two attached hydrogens (primary N) is 1. The van der Waals surface area contributed by atoms with Gasteiger partial charge in [-0.2, -0.15) is 0 Å². The molecule has 11 nitrogen and oxygen atoms in total. The molecule has 67 heavy (non-hydrogen) atoms. The van der Waals surface area contributed by atoms with E-state index in [0.29, 0.717) is 36.0 Å². The van der Waals surface area contributed by atoms with Crippen LogP contribution in [0.1, 0.15) is 143 Å². The number of aliphatic hydroxyl groups excluding tert-OH is 4. The van der Waals surface area contributed by atoms with Gasteiger partial charge in [-0.1, -0.05) is 84.4 Å². The van der Waals surface area contributed by atoms with E-state index in [9.17, 15) is 30.3 Å². The van der Waals surface area contributed by atoms with Crippen molar-refractivity contribution in [2.24, 2.45) is 85.6 Å². The molecule has 11 rings (SSSR count). The van der Waals surface area contributed by atoms with Crippen LogP contribution in [-0.4, -0.2) is 95.0 Å². The SMILES string of the molecule is C[C@H](O)NC(N)=NC[C@H]1C[C@]2(C)[C@@H]3C[C@H](CSSC[C@@H](n4ccnc4)CC(C)(C)C4=C5CCCC6(CCCC6)[C@@H]5C5=C6[C@@H](CCC5)C[C@@H]3[C@H](O)[C@H]64)[C@@]2(O)C2=CC(=O)[C@@H]3C[C@@H](O)[C@@H](O)C[C@]3(C)[C@H]21. The van der Waals surface area contributed by atoms with Gasteiger partial charge in [-0.3, -0.25) is 9.79 Å². The van der Waals surface area contributed by atoms with Crippen molar-refractivity contribution in [1.29, 1.82) is 0 Å². The maximum Gasteiger partial charge on any atom is 0.190 e. The number of hydrogen-bond acceptors (Lipinski definition) is 10. The highest BCUT2D eigenvalue weighted by Crippen LogP contribution is 2.74. The van der Waals surface area contributed by atoms with Crippen LogP contribution in [0.3, 0.4) is 0 Å². The number of carbonyl (C=O) groups is 1. The average molecular weight is 958 g/mol. The molecule has 0 radical (unpaired) electrons. The Bertz CT molecular complexity index is 2240. The van der Waals surface area contributed by atoms with Crippen LogP contribution in [-0.2, 0) is 4.79 Å². The highest BCUT2D eigenvalue weighted by atomic mass is 33.1. The van der Waals surface area contributed by atoms with E-state index < -0.39 is 46.9 Å². The van der Waals surface area contributed by atoms with Gasteiger partial charge in [0.2, 0.25) is 0 Å². The number of rotatable bonds is 4. The van der Waals surface area contributed by atoms with Gasteiger partial charge in [-0.25, -0.2) is 4.98 Å². The standard InChI is InChI=1S/C54H79N5O6S2/c1-29(60)58-49(55)57-25-31-22-52(5)37-19-32(54(52,65)39-21-40(61)38-20-41(62)42(63)24-51(38,4)45(31)39)26-66-67-27-33(59-17-16-56-28-59)23-50(2,3)47-35-12-9-15-53(13-6-7-14-53)46(35)34-11-8-10-30-18-36(37)48(64)44(47)43(30)34/h16-17,21,28-33,36-38,41-42,44-46,48,60,62-65H,6-15,18-20,22-27H2,1-5H3,(H3,55,57,58)/t29-,30-,31+,32+,33-,36-,37+,38-,41+,42-,44+,45-,46+,48-,51-,52+,54+/m0/s1. The summed E-state index contributed by atoms with van der Waals surface area (Å²) in [5, 5.41) is 63.7. The fourth-order valence-corrected chi connectivity index (χ4v) is 21.5. The number of imidazole rings is 1. The van der Waals surface area contributed by atoms with E-state index in [2.05, 4.69) is 48.8 Å². The van der Waals surface area contributed by atoms with Crippen molar-refractivity contribution in [2.75, 3.05) is 18.1 Å². The summed E-state index contributed by atoms with van der Waals surface area (Å²) in [6.45, 7) is 11.3. The normalized spacial score (nSPS) is 46.2. The second-order valence-corrected chi connectivity index (χ2v) is 27.5. The number of ketones is 1. The molecule has 1 saturated heterocycles. The molecule has 0 aromatic carbocycles. The topological polar surface area (TPSA) is 186 Å². The zero-order valence-corrected chi connectivity index (χ0v) is 42.3. The Morgan fingerprint density at radius 1 is 0.970 bits per heavy atom. The summed E-state index contributed by atoms with van der Waals surface area (Å²) in [6, 6.07) is 0.187. The number of guanidine groups is 1. The molecule has 368 valence electrons. The lowest BCUT2D eigenvalue weighted by atomic mass is 9.42. The largest absolute Gasteiger partial charge is 0.392 e. The van der Waals surface area contributed by atoms with Crippen molar-refractivity contribution in [3.05, 3.63) is 52.7 Å². The van der Waals surface area contributed by atoms with Crippen molar-refractivity contribution < 1.29 is 30.3 Å². The lowest BCUT2D eigenvalue weighted by Gasteiger charge is -2.64.